The van der Waals surface area contributed by atoms with Crippen molar-refractivity contribution in [3.63, 3.8) is 0 Å². The summed E-state index contributed by atoms with van der Waals surface area (Å²) in [4.78, 5) is 13.6. The standard InChI is InChI=1S/C19H23N3O2/c1-12(2)8-14-10-23-18(20-14)16-6-5-7-17(22-16)19-21-15(11-24-19)9-13(3)4/h5-7,10-13H,8-9H2,1-4H3. The van der Waals surface area contributed by atoms with E-state index in [0.29, 0.717) is 35.0 Å². The molecule has 0 N–H and O–H groups in total. The van der Waals surface area contributed by atoms with Crippen molar-refractivity contribution < 1.29 is 8.83 Å². The first kappa shape index (κ1) is 16.4. The second-order valence-electron chi connectivity index (χ2n) is 6.89. The molecule has 0 atom stereocenters. The minimum atomic E-state index is 0.529. The van der Waals surface area contributed by atoms with E-state index in [2.05, 4.69) is 42.6 Å². The highest BCUT2D eigenvalue weighted by Gasteiger charge is 2.13. The van der Waals surface area contributed by atoms with E-state index in [1.165, 1.54) is 0 Å². The van der Waals surface area contributed by atoms with Crippen LogP contribution in [0.1, 0.15) is 39.1 Å². The zero-order chi connectivity index (χ0) is 17.1. The van der Waals surface area contributed by atoms with E-state index in [-0.39, 0.29) is 0 Å². The van der Waals surface area contributed by atoms with Crippen molar-refractivity contribution in [1.29, 1.82) is 0 Å². The van der Waals surface area contributed by atoms with Crippen LogP contribution in [-0.4, -0.2) is 15.0 Å². The van der Waals surface area contributed by atoms with Gasteiger partial charge in [-0.15, -0.1) is 0 Å². The number of aromatic nitrogens is 3. The molecule has 0 aliphatic carbocycles. The molecule has 0 aliphatic rings. The van der Waals surface area contributed by atoms with Gasteiger partial charge in [-0.3, -0.25) is 0 Å². The van der Waals surface area contributed by atoms with Gasteiger partial charge in [0, 0.05) is 0 Å². The SMILES string of the molecule is CC(C)Cc1coc(-c2cccc(-c3nc(CC(C)C)co3)n2)n1. The highest BCUT2D eigenvalue weighted by atomic mass is 16.3. The van der Waals surface area contributed by atoms with Crippen LogP contribution in [0.2, 0.25) is 0 Å². The molecule has 5 nitrogen and oxygen atoms in total. The summed E-state index contributed by atoms with van der Waals surface area (Å²) in [6.45, 7) is 8.63. The summed E-state index contributed by atoms with van der Waals surface area (Å²) in [6, 6.07) is 5.68. The fraction of sp³-hybridized carbons (Fsp3) is 0.421. The van der Waals surface area contributed by atoms with Crippen molar-refractivity contribution in [2.24, 2.45) is 11.8 Å². The Bertz CT molecular complexity index is 739. The van der Waals surface area contributed by atoms with Gasteiger partial charge >= 0.3 is 0 Å². The lowest BCUT2D eigenvalue weighted by Gasteiger charge is -1.99. The second kappa shape index (κ2) is 6.99. The Kier molecular flexibility index (Phi) is 4.79. The summed E-state index contributed by atoms with van der Waals surface area (Å²) in [5, 5.41) is 0. The lowest BCUT2D eigenvalue weighted by molar-refractivity contribution is 0.561. The molecule has 0 bridgehead atoms. The highest BCUT2D eigenvalue weighted by molar-refractivity contribution is 5.55. The zero-order valence-corrected chi connectivity index (χ0v) is 14.6. The van der Waals surface area contributed by atoms with Gasteiger partial charge in [-0.25, -0.2) is 15.0 Å². The van der Waals surface area contributed by atoms with Crippen molar-refractivity contribution in [2.45, 2.75) is 40.5 Å². The molecule has 5 heteroatoms. The summed E-state index contributed by atoms with van der Waals surface area (Å²) < 4.78 is 11.2. The summed E-state index contributed by atoms with van der Waals surface area (Å²) in [6.07, 6.45) is 5.19. The molecule has 3 rings (SSSR count). The summed E-state index contributed by atoms with van der Waals surface area (Å²) in [5.41, 5.74) is 3.27. The monoisotopic (exact) mass is 325 g/mol. The minimum absolute atomic E-state index is 0.529. The van der Waals surface area contributed by atoms with Crippen LogP contribution in [0.15, 0.2) is 39.6 Å². The molecule has 0 spiro atoms. The molecule has 0 aliphatic heterocycles. The van der Waals surface area contributed by atoms with Gasteiger partial charge < -0.3 is 8.83 Å². The summed E-state index contributed by atoms with van der Waals surface area (Å²) >= 11 is 0. The maximum Gasteiger partial charge on any atom is 0.245 e. The van der Waals surface area contributed by atoms with Gasteiger partial charge in [0.15, 0.2) is 0 Å². The Morgan fingerprint density at radius 3 is 1.62 bits per heavy atom. The molecule has 24 heavy (non-hydrogen) atoms. The third kappa shape index (κ3) is 3.91. The van der Waals surface area contributed by atoms with E-state index in [4.69, 9.17) is 8.83 Å². The van der Waals surface area contributed by atoms with E-state index in [1.807, 2.05) is 18.2 Å². The minimum Gasteiger partial charge on any atom is -0.443 e. The fourth-order valence-electron chi connectivity index (χ4n) is 2.55. The molecule has 0 unspecified atom stereocenters. The van der Waals surface area contributed by atoms with Crippen molar-refractivity contribution in [2.75, 3.05) is 0 Å². The maximum absolute atomic E-state index is 5.58. The van der Waals surface area contributed by atoms with Crippen molar-refractivity contribution in [1.82, 2.24) is 15.0 Å². The summed E-state index contributed by atoms with van der Waals surface area (Å²) in [7, 11) is 0. The molecule has 0 radical (unpaired) electrons. The predicted octanol–water partition coefficient (Wildman–Crippen LogP) is 4.79. The van der Waals surface area contributed by atoms with E-state index in [1.54, 1.807) is 12.5 Å². The predicted molar refractivity (Wildman–Crippen MR) is 92.3 cm³/mol. The van der Waals surface area contributed by atoms with Crippen molar-refractivity contribution in [3.05, 3.63) is 42.1 Å². The Balaban J connectivity index is 1.83. The second-order valence-corrected chi connectivity index (χ2v) is 6.89. The van der Waals surface area contributed by atoms with Gasteiger partial charge in [0.05, 0.1) is 11.4 Å². The van der Waals surface area contributed by atoms with Crippen molar-refractivity contribution in [3.8, 4) is 23.2 Å². The smallest absolute Gasteiger partial charge is 0.245 e. The molecule has 0 amide bonds. The quantitative estimate of drug-likeness (QED) is 0.652. The van der Waals surface area contributed by atoms with Gasteiger partial charge in [0.2, 0.25) is 11.8 Å². The Hall–Kier alpha value is -2.43. The lowest BCUT2D eigenvalue weighted by Crippen LogP contribution is -1.95. The van der Waals surface area contributed by atoms with Crippen molar-refractivity contribution >= 4 is 0 Å². The van der Waals surface area contributed by atoms with Crippen LogP contribution in [0, 0.1) is 11.8 Å². The Morgan fingerprint density at radius 2 is 1.21 bits per heavy atom. The van der Waals surface area contributed by atoms with Gasteiger partial charge in [0.25, 0.3) is 0 Å². The average molecular weight is 325 g/mol. The largest absolute Gasteiger partial charge is 0.443 e. The van der Waals surface area contributed by atoms with Crippen LogP contribution < -0.4 is 0 Å². The van der Waals surface area contributed by atoms with Crippen LogP contribution in [0.25, 0.3) is 23.2 Å². The number of nitrogens with zero attached hydrogens (tertiary/aromatic N) is 3. The van der Waals surface area contributed by atoms with E-state index >= 15 is 0 Å². The van der Waals surface area contributed by atoms with Crippen LogP contribution in [-0.2, 0) is 12.8 Å². The first-order valence-corrected chi connectivity index (χ1v) is 8.38. The molecule has 3 aromatic rings. The van der Waals surface area contributed by atoms with Crippen LogP contribution in [0.5, 0.6) is 0 Å². The van der Waals surface area contributed by atoms with Gasteiger partial charge in [-0.2, -0.15) is 0 Å². The Labute approximate surface area is 142 Å². The number of hydrogen-bond donors (Lipinski definition) is 0. The number of oxazole rings is 2. The molecule has 3 aromatic heterocycles. The third-order valence-electron chi connectivity index (χ3n) is 3.53. The zero-order valence-electron chi connectivity index (χ0n) is 14.6. The van der Waals surface area contributed by atoms with Crippen LogP contribution in [0.3, 0.4) is 0 Å². The Morgan fingerprint density at radius 1 is 0.750 bits per heavy atom. The number of pyridine rings is 1. The lowest BCUT2D eigenvalue weighted by atomic mass is 10.1. The molecule has 0 fully saturated rings. The molecular weight excluding hydrogens is 302 g/mol. The first-order chi connectivity index (χ1) is 11.5. The first-order valence-electron chi connectivity index (χ1n) is 8.38. The topological polar surface area (TPSA) is 65.0 Å². The number of hydrogen-bond acceptors (Lipinski definition) is 5. The normalized spacial score (nSPS) is 11.6. The molecule has 0 saturated carbocycles. The highest BCUT2D eigenvalue weighted by Crippen LogP contribution is 2.23. The summed E-state index contributed by atoms with van der Waals surface area (Å²) in [5.74, 6) is 2.13. The van der Waals surface area contributed by atoms with Gasteiger partial charge in [-0.1, -0.05) is 33.8 Å². The average Bonchev–Trinajstić information content (AvgIpc) is 3.16. The molecular formula is C19H23N3O2. The maximum atomic E-state index is 5.58. The molecule has 0 aromatic carbocycles. The molecule has 0 saturated heterocycles. The van der Waals surface area contributed by atoms with Crippen LogP contribution >= 0.6 is 0 Å². The van der Waals surface area contributed by atoms with Gasteiger partial charge in [0.1, 0.15) is 23.9 Å². The third-order valence-corrected chi connectivity index (χ3v) is 3.53. The molecule has 126 valence electrons. The molecule has 3 heterocycles. The van der Waals surface area contributed by atoms with E-state index in [9.17, 15) is 0 Å². The van der Waals surface area contributed by atoms with E-state index < -0.39 is 0 Å². The number of rotatable bonds is 6. The fourth-order valence-corrected chi connectivity index (χ4v) is 2.55. The van der Waals surface area contributed by atoms with Gasteiger partial charge in [-0.05, 0) is 36.8 Å². The van der Waals surface area contributed by atoms with E-state index in [0.717, 1.165) is 24.2 Å². The van der Waals surface area contributed by atoms with Crippen LogP contribution in [0.4, 0.5) is 0 Å².